The first-order chi connectivity index (χ1) is 14.4. The maximum Gasteiger partial charge on any atom is 0.177 e. The van der Waals surface area contributed by atoms with Gasteiger partial charge in [-0.2, -0.15) is 0 Å². The summed E-state index contributed by atoms with van der Waals surface area (Å²) >= 11 is 6.06. The van der Waals surface area contributed by atoms with Gasteiger partial charge in [-0.15, -0.1) is 0 Å². The molecule has 4 atom stereocenters. The number of benzene rings is 1. The number of aromatic nitrogens is 4. The van der Waals surface area contributed by atoms with Crippen molar-refractivity contribution in [2.75, 3.05) is 12.3 Å². The first-order valence-electron chi connectivity index (χ1n) is 9.75. The van der Waals surface area contributed by atoms with E-state index < -0.39 is 30.6 Å². The molecule has 3 heterocycles. The van der Waals surface area contributed by atoms with Crippen molar-refractivity contribution in [3.8, 4) is 0 Å². The Labute approximate surface area is 177 Å². The SMILES string of the molecule is Nc1ncnc2c1ncn2[C@]1(CC2(c3ccc(Cl)cc3)CC2)O[C@H](CO)[C@@H](O)[C@H]1O. The summed E-state index contributed by atoms with van der Waals surface area (Å²) in [4.78, 5) is 12.6. The lowest BCUT2D eigenvalue weighted by molar-refractivity contribution is -0.155. The molecule has 0 spiro atoms. The number of ether oxygens (including phenoxy) is 1. The fraction of sp³-hybridized carbons (Fsp3) is 0.450. The molecule has 0 unspecified atom stereocenters. The van der Waals surface area contributed by atoms with Crippen LogP contribution in [0.3, 0.4) is 0 Å². The van der Waals surface area contributed by atoms with E-state index in [2.05, 4.69) is 15.0 Å². The van der Waals surface area contributed by atoms with Gasteiger partial charge >= 0.3 is 0 Å². The van der Waals surface area contributed by atoms with Crippen molar-refractivity contribution >= 4 is 28.6 Å². The lowest BCUT2D eigenvalue weighted by Crippen LogP contribution is -2.47. The number of nitrogens with zero attached hydrogens (tertiary/aromatic N) is 4. The molecule has 5 rings (SSSR count). The minimum absolute atomic E-state index is 0.208. The number of nitrogens with two attached hydrogens (primary N) is 1. The highest BCUT2D eigenvalue weighted by Crippen LogP contribution is 2.57. The van der Waals surface area contributed by atoms with Gasteiger partial charge in [-0.1, -0.05) is 23.7 Å². The summed E-state index contributed by atoms with van der Waals surface area (Å²) in [6.45, 7) is -0.433. The molecule has 0 radical (unpaired) electrons. The average molecular weight is 432 g/mol. The number of imidazole rings is 1. The second-order valence-corrected chi connectivity index (χ2v) is 8.57. The molecular formula is C20H22ClN5O4. The second-order valence-electron chi connectivity index (χ2n) is 8.13. The highest BCUT2D eigenvalue weighted by molar-refractivity contribution is 6.30. The topological polar surface area (TPSA) is 140 Å². The van der Waals surface area contributed by atoms with Crippen molar-refractivity contribution in [2.45, 2.75) is 48.7 Å². The van der Waals surface area contributed by atoms with Crippen LogP contribution in [0.2, 0.25) is 5.02 Å². The van der Waals surface area contributed by atoms with Crippen LogP contribution in [-0.4, -0.2) is 59.8 Å². The molecule has 2 fully saturated rings. The lowest BCUT2D eigenvalue weighted by atomic mass is 9.84. The van der Waals surface area contributed by atoms with Gasteiger partial charge in [-0.3, -0.25) is 4.57 Å². The van der Waals surface area contributed by atoms with Crippen LogP contribution in [0.4, 0.5) is 5.82 Å². The Hall–Kier alpha value is -2.30. The predicted octanol–water partition coefficient (Wildman–Crippen LogP) is 0.949. The highest BCUT2D eigenvalue weighted by atomic mass is 35.5. The van der Waals surface area contributed by atoms with Gasteiger partial charge in [0.1, 0.15) is 30.2 Å². The van der Waals surface area contributed by atoms with Crippen molar-refractivity contribution in [2.24, 2.45) is 0 Å². The van der Waals surface area contributed by atoms with Gasteiger partial charge < -0.3 is 25.8 Å². The number of halogens is 1. The van der Waals surface area contributed by atoms with Crippen molar-refractivity contribution in [1.29, 1.82) is 0 Å². The van der Waals surface area contributed by atoms with E-state index >= 15 is 0 Å². The molecule has 2 aliphatic rings. The molecule has 3 aromatic rings. The molecule has 0 bridgehead atoms. The summed E-state index contributed by atoms with van der Waals surface area (Å²) in [5.41, 5.74) is 6.12. The molecule has 10 heteroatoms. The lowest BCUT2D eigenvalue weighted by Gasteiger charge is -2.37. The monoisotopic (exact) mass is 431 g/mol. The zero-order valence-electron chi connectivity index (χ0n) is 16.0. The second kappa shape index (κ2) is 6.86. The van der Waals surface area contributed by atoms with E-state index in [1.54, 1.807) is 4.57 Å². The number of nitrogen functional groups attached to an aromatic ring is 1. The maximum atomic E-state index is 11.2. The predicted molar refractivity (Wildman–Crippen MR) is 109 cm³/mol. The van der Waals surface area contributed by atoms with Gasteiger partial charge in [0.05, 0.1) is 12.9 Å². The van der Waals surface area contributed by atoms with Gasteiger partial charge in [0.25, 0.3) is 0 Å². The number of aliphatic hydroxyl groups is 3. The molecule has 0 amide bonds. The zero-order valence-corrected chi connectivity index (χ0v) is 16.8. The Balaban J connectivity index is 1.65. The van der Waals surface area contributed by atoms with E-state index in [-0.39, 0.29) is 11.2 Å². The van der Waals surface area contributed by atoms with E-state index in [0.29, 0.717) is 22.6 Å². The summed E-state index contributed by atoms with van der Waals surface area (Å²) in [6, 6.07) is 7.61. The number of hydrogen-bond acceptors (Lipinski definition) is 8. The fourth-order valence-corrected chi connectivity index (χ4v) is 4.71. The first kappa shape index (κ1) is 19.7. The third-order valence-corrected chi connectivity index (χ3v) is 6.63. The van der Waals surface area contributed by atoms with Crippen LogP contribution >= 0.6 is 11.6 Å². The Kier molecular flexibility index (Phi) is 4.49. The molecule has 158 valence electrons. The third kappa shape index (κ3) is 2.81. The van der Waals surface area contributed by atoms with Crippen LogP contribution < -0.4 is 5.73 Å². The van der Waals surface area contributed by atoms with Crippen molar-refractivity contribution in [3.63, 3.8) is 0 Å². The molecule has 5 N–H and O–H groups in total. The molecular weight excluding hydrogens is 410 g/mol. The van der Waals surface area contributed by atoms with Crippen LogP contribution in [-0.2, 0) is 15.9 Å². The van der Waals surface area contributed by atoms with E-state index in [1.807, 2.05) is 24.3 Å². The van der Waals surface area contributed by atoms with E-state index in [4.69, 9.17) is 22.1 Å². The van der Waals surface area contributed by atoms with E-state index in [1.165, 1.54) is 12.7 Å². The molecule has 1 aliphatic heterocycles. The Bertz CT molecular complexity index is 1090. The Morgan fingerprint density at radius 1 is 1.17 bits per heavy atom. The number of aliphatic hydroxyl groups excluding tert-OH is 3. The molecule has 30 heavy (non-hydrogen) atoms. The summed E-state index contributed by atoms with van der Waals surface area (Å²) in [5, 5.41) is 32.1. The minimum atomic E-state index is -1.39. The zero-order chi connectivity index (χ0) is 21.1. The van der Waals surface area contributed by atoms with Crippen LogP contribution in [0.15, 0.2) is 36.9 Å². The number of fused-ring (bicyclic) bond motifs is 1. The fourth-order valence-electron chi connectivity index (χ4n) is 4.58. The van der Waals surface area contributed by atoms with Gasteiger partial charge in [-0.05, 0) is 30.5 Å². The summed E-state index contributed by atoms with van der Waals surface area (Å²) in [5.74, 6) is 0.208. The molecule has 1 aliphatic carbocycles. The van der Waals surface area contributed by atoms with Crippen LogP contribution in [0.5, 0.6) is 0 Å². The van der Waals surface area contributed by atoms with Gasteiger partial charge in [-0.25, -0.2) is 15.0 Å². The molecule has 1 saturated carbocycles. The van der Waals surface area contributed by atoms with Crippen molar-refractivity contribution < 1.29 is 20.1 Å². The van der Waals surface area contributed by atoms with Gasteiger partial charge in [0.2, 0.25) is 0 Å². The maximum absolute atomic E-state index is 11.2. The molecule has 1 saturated heterocycles. The molecule has 1 aromatic carbocycles. The third-order valence-electron chi connectivity index (χ3n) is 6.37. The van der Waals surface area contributed by atoms with Crippen LogP contribution in [0.25, 0.3) is 11.2 Å². The smallest absolute Gasteiger partial charge is 0.177 e. The Morgan fingerprint density at radius 3 is 2.53 bits per heavy atom. The summed E-state index contributed by atoms with van der Waals surface area (Å²) < 4.78 is 7.79. The number of hydrogen-bond donors (Lipinski definition) is 4. The van der Waals surface area contributed by atoms with Crippen molar-refractivity contribution in [1.82, 2.24) is 19.5 Å². The normalized spacial score (nSPS) is 30.1. The van der Waals surface area contributed by atoms with Crippen LogP contribution in [0.1, 0.15) is 24.8 Å². The largest absolute Gasteiger partial charge is 0.394 e. The summed E-state index contributed by atoms with van der Waals surface area (Å²) in [7, 11) is 0. The Morgan fingerprint density at radius 2 is 1.90 bits per heavy atom. The molecule has 2 aromatic heterocycles. The highest BCUT2D eigenvalue weighted by Gasteiger charge is 2.61. The summed E-state index contributed by atoms with van der Waals surface area (Å²) in [6.07, 6.45) is 1.40. The standard InChI is InChI=1S/C20H22ClN5O4/c21-12-3-1-11(2-4-12)19(5-6-19)8-20(16(29)15(28)13(7-27)30-20)26-10-25-14-17(22)23-9-24-18(14)26/h1-4,9-10,13,15-16,27-29H,5-8H2,(H2,22,23,24)/t13-,15-,16-,20-/m1/s1. The van der Waals surface area contributed by atoms with Crippen molar-refractivity contribution in [3.05, 3.63) is 47.5 Å². The molecule has 9 nitrogen and oxygen atoms in total. The number of rotatable bonds is 5. The average Bonchev–Trinajstić information content (AvgIpc) is 3.31. The quantitative estimate of drug-likeness (QED) is 0.468. The van der Waals surface area contributed by atoms with E-state index in [0.717, 1.165) is 18.4 Å². The number of anilines is 1. The minimum Gasteiger partial charge on any atom is -0.394 e. The van der Waals surface area contributed by atoms with E-state index in [9.17, 15) is 15.3 Å². The van der Waals surface area contributed by atoms with Gasteiger partial charge in [0, 0.05) is 16.9 Å². The van der Waals surface area contributed by atoms with Gasteiger partial charge in [0.15, 0.2) is 17.2 Å². The van der Waals surface area contributed by atoms with Crippen LogP contribution in [0, 0.1) is 0 Å². The first-order valence-corrected chi connectivity index (χ1v) is 10.1.